The molecule has 0 saturated carbocycles. The van der Waals surface area contributed by atoms with Crippen molar-refractivity contribution in [3.05, 3.63) is 58.7 Å². The zero-order chi connectivity index (χ0) is 18.6. The fraction of sp³-hybridized carbons (Fsp3) is 0.250. The molecule has 26 heavy (non-hydrogen) atoms. The monoisotopic (exact) mass is 352 g/mol. The predicted molar refractivity (Wildman–Crippen MR) is 91.9 cm³/mol. The summed E-state index contributed by atoms with van der Waals surface area (Å²) in [5.41, 5.74) is -1.77. The highest BCUT2D eigenvalue weighted by Crippen LogP contribution is 2.41. The minimum Gasteiger partial charge on any atom is -0.388 e. The zero-order valence-corrected chi connectivity index (χ0v) is 13.7. The van der Waals surface area contributed by atoms with Gasteiger partial charge in [-0.3, -0.25) is 14.4 Å². The van der Waals surface area contributed by atoms with Crippen molar-refractivity contribution in [3.8, 4) is 0 Å². The van der Waals surface area contributed by atoms with Crippen molar-refractivity contribution in [1.29, 1.82) is 0 Å². The molecule has 0 bridgehead atoms. The lowest BCUT2D eigenvalue weighted by atomic mass is 9.69. The second-order valence-corrected chi connectivity index (χ2v) is 6.80. The highest BCUT2D eigenvalue weighted by Gasteiger charge is 2.48. The lowest BCUT2D eigenvalue weighted by molar-refractivity contribution is -0.143. The molecule has 2 aromatic carbocycles. The van der Waals surface area contributed by atoms with E-state index in [9.17, 15) is 24.6 Å². The van der Waals surface area contributed by atoms with Gasteiger partial charge in [0, 0.05) is 35.1 Å². The largest absolute Gasteiger partial charge is 0.388 e. The third-order valence-electron chi connectivity index (χ3n) is 5.22. The molecule has 3 N–H and O–H groups in total. The van der Waals surface area contributed by atoms with Crippen LogP contribution in [0.2, 0.25) is 0 Å². The van der Waals surface area contributed by atoms with Gasteiger partial charge in [0.15, 0.2) is 17.3 Å². The van der Waals surface area contributed by atoms with Crippen LogP contribution < -0.4 is 0 Å². The number of rotatable bonds is 2. The lowest BCUT2D eigenvalue weighted by Crippen LogP contribution is -2.50. The number of Topliss-reactive ketones (excluding diaryl/α,β-unsaturated/α-hetero) is 3. The van der Waals surface area contributed by atoms with Crippen molar-refractivity contribution < 1.29 is 29.7 Å². The van der Waals surface area contributed by atoms with Crippen LogP contribution in [0.5, 0.6) is 0 Å². The van der Waals surface area contributed by atoms with Gasteiger partial charge >= 0.3 is 0 Å². The number of benzene rings is 2. The average Bonchev–Trinajstić information content (AvgIpc) is 2.63. The fourth-order valence-electron chi connectivity index (χ4n) is 3.86. The second kappa shape index (κ2) is 5.67. The van der Waals surface area contributed by atoms with Crippen LogP contribution in [0.4, 0.5) is 0 Å². The van der Waals surface area contributed by atoms with E-state index in [4.69, 9.17) is 5.11 Å². The molecule has 2 aromatic rings. The number of carbonyl (C=O) groups excluding carboxylic acids is 3. The zero-order valence-electron chi connectivity index (χ0n) is 13.7. The maximum Gasteiger partial charge on any atom is 0.192 e. The molecule has 0 fully saturated rings. The number of hydrogen-bond donors (Lipinski definition) is 3. The molecule has 6 nitrogen and oxygen atoms in total. The number of ketones is 3. The van der Waals surface area contributed by atoms with Gasteiger partial charge in [0.2, 0.25) is 0 Å². The Labute approximate surface area is 148 Å². The molecular weight excluding hydrogens is 336 g/mol. The van der Waals surface area contributed by atoms with E-state index in [0.717, 1.165) is 10.8 Å². The molecule has 0 amide bonds. The molecule has 0 radical (unpaired) electrons. The number of fused-ring (bicyclic) bond motifs is 2. The summed E-state index contributed by atoms with van der Waals surface area (Å²) in [7, 11) is 0. The fourth-order valence-corrected chi connectivity index (χ4v) is 3.86. The van der Waals surface area contributed by atoms with Gasteiger partial charge in [0.05, 0.1) is 6.10 Å². The van der Waals surface area contributed by atoms with Gasteiger partial charge in [-0.25, -0.2) is 0 Å². The summed E-state index contributed by atoms with van der Waals surface area (Å²) in [5.74, 6) is -1.83. The Bertz CT molecular complexity index is 1020. The Morgan fingerprint density at radius 2 is 1.65 bits per heavy atom. The quantitative estimate of drug-likeness (QED) is 0.742. The van der Waals surface area contributed by atoms with Crippen molar-refractivity contribution >= 4 is 28.1 Å². The third kappa shape index (κ3) is 2.27. The Hall–Kier alpha value is -2.67. The first-order valence-electron chi connectivity index (χ1n) is 8.25. The normalized spacial score (nSPS) is 25.3. The van der Waals surface area contributed by atoms with Gasteiger partial charge in [-0.2, -0.15) is 0 Å². The molecule has 6 heteroatoms. The van der Waals surface area contributed by atoms with E-state index in [0.29, 0.717) is 0 Å². The van der Waals surface area contributed by atoms with Crippen LogP contribution in [0.25, 0.3) is 10.8 Å². The van der Waals surface area contributed by atoms with Crippen molar-refractivity contribution in [2.45, 2.75) is 24.5 Å². The number of aliphatic hydroxyl groups excluding tert-OH is 2. The predicted octanol–water partition coefficient (Wildman–Crippen LogP) is 0.963. The molecule has 0 aromatic heterocycles. The molecule has 0 spiro atoms. The highest BCUT2D eigenvalue weighted by molar-refractivity contribution is 6.29. The number of carbonyl (C=O) groups is 3. The van der Waals surface area contributed by atoms with Gasteiger partial charge in [-0.1, -0.05) is 24.3 Å². The van der Waals surface area contributed by atoms with Crippen molar-refractivity contribution in [1.82, 2.24) is 0 Å². The standard InChI is InChI=1S/C20H16O6/c21-9-16(23)20(26)7-14-17(15(22)8-20)19(25)13-6-11-4-2-1-3-10(11)5-12(13)18(14)24/h1-6,15,21-22,26H,7-9H2/t15-,20-/m0/s1. The Balaban J connectivity index is 1.89. The molecular formula is C20H16O6. The Kier molecular flexibility index (Phi) is 3.66. The van der Waals surface area contributed by atoms with E-state index in [-0.39, 0.29) is 22.3 Å². The van der Waals surface area contributed by atoms with Crippen LogP contribution in [-0.2, 0) is 4.79 Å². The summed E-state index contributed by atoms with van der Waals surface area (Å²) < 4.78 is 0. The summed E-state index contributed by atoms with van der Waals surface area (Å²) in [6.45, 7) is -0.908. The van der Waals surface area contributed by atoms with Crippen LogP contribution in [0.15, 0.2) is 47.5 Å². The third-order valence-corrected chi connectivity index (χ3v) is 5.22. The van der Waals surface area contributed by atoms with Crippen molar-refractivity contribution in [2.24, 2.45) is 0 Å². The van der Waals surface area contributed by atoms with E-state index < -0.39 is 48.5 Å². The molecule has 0 heterocycles. The summed E-state index contributed by atoms with van der Waals surface area (Å²) >= 11 is 0. The molecule has 0 unspecified atom stereocenters. The smallest absolute Gasteiger partial charge is 0.192 e. The van der Waals surface area contributed by atoms with Gasteiger partial charge in [0.25, 0.3) is 0 Å². The summed E-state index contributed by atoms with van der Waals surface area (Å²) in [6, 6.07) is 10.5. The maximum atomic E-state index is 13.0. The first kappa shape index (κ1) is 16.8. The van der Waals surface area contributed by atoms with Gasteiger partial charge in [-0.05, 0) is 22.9 Å². The minimum atomic E-state index is -2.06. The molecule has 0 aliphatic heterocycles. The topological polar surface area (TPSA) is 112 Å². The van der Waals surface area contributed by atoms with Crippen molar-refractivity contribution in [2.75, 3.05) is 6.61 Å². The molecule has 2 atom stereocenters. The van der Waals surface area contributed by atoms with Crippen LogP contribution in [0.1, 0.15) is 33.6 Å². The Morgan fingerprint density at radius 1 is 1.08 bits per heavy atom. The first-order chi connectivity index (χ1) is 12.4. The second-order valence-electron chi connectivity index (χ2n) is 6.80. The average molecular weight is 352 g/mol. The minimum absolute atomic E-state index is 0.0548. The molecule has 0 saturated heterocycles. The summed E-state index contributed by atoms with van der Waals surface area (Å²) in [6.07, 6.45) is -2.27. The summed E-state index contributed by atoms with van der Waals surface area (Å²) in [4.78, 5) is 37.8. The number of hydrogen-bond acceptors (Lipinski definition) is 6. The van der Waals surface area contributed by atoms with Crippen LogP contribution in [-0.4, -0.2) is 51.0 Å². The highest BCUT2D eigenvalue weighted by atomic mass is 16.3. The van der Waals surface area contributed by atoms with E-state index in [1.165, 1.54) is 0 Å². The summed E-state index contributed by atoms with van der Waals surface area (Å²) in [5, 5.41) is 31.5. The van der Waals surface area contributed by atoms with Gasteiger partial charge in [-0.15, -0.1) is 0 Å². The van der Waals surface area contributed by atoms with Crippen LogP contribution >= 0.6 is 0 Å². The van der Waals surface area contributed by atoms with E-state index in [1.54, 1.807) is 12.1 Å². The lowest BCUT2D eigenvalue weighted by Gasteiger charge is -2.37. The van der Waals surface area contributed by atoms with Crippen LogP contribution in [0.3, 0.4) is 0 Å². The SMILES string of the molecule is O=C1C2=C(C(=O)c3cc4ccccc4cc31)[C@@H](O)C[C@](O)(C(=O)CO)C2. The van der Waals surface area contributed by atoms with Gasteiger partial charge < -0.3 is 15.3 Å². The molecule has 2 aliphatic carbocycles. The van der Waals surface area contributed by atoms with E-state index in [2.05, 4.69) is 0 Å². The first-order valence-corrected chi connectivity index (χ1v) is 8.25. The van der Waals surface area contributed by atoms with Gasteiger partial charge in [0.1, 0.15) is 12.2 Å². The van der Waals surface area contributed by atoms with E-state index >= 15 is 0 Å². The van der Waals surface area contributed by atoms with Crippen molar-refractivity contribution in [3.63, 3.8) is 0 Å². The van der Waals surface area contributed by atoms with Crippen LogP contribution in [0, 0.1) is 0 Å². The molecule has 4 rings (SSSR count). The maximum absolute atomic E-state index is 13.0. The molecule has 132 valence electrons. The van der Waals surface area contributed by atoms with E-state index in [1.807, 2.05) is 24.3 Å². The number of aliphatic hydroxyl groups is 3. The Morgan fingerprint density at radius 3 is 2.23 bits per heavy atom. The molecule has 2 aliphatic rings.